The van der Waals surface area contributed by atoms with Crippen molar-refractivity contribution in [2.24, 2.45) is 5.92 Å². The van der Waals surface area contributed by atoms with Crippen molar-refractivity contribution in [1.29, 1.82) is 0 Å². The minimum Gasteiger partial charge on any atom is -0.334 e. The van der Waals surface area contributed by atoms with Gasteiger partial charge in [0.05, 0.1) is 5.56 Å². The van der Waals surface area contributed by atoms with Gasteiger partial charge in [-0.2, -0.15) is 0 Å². The van der Waals surface area contributed by atoms with Gasteiger partial charge in [-0.25, -0.2) is 13.2 Å². The Kier molecular flexibility index (Phi) is 3.41. The summed E-state index contributed by atoms with van der Waals surface area (Å²) in [5, 5.41) is 3.21. The summed E-state index contributed by atoms with van der Waals surface area (Å²) >= 11 is 0. The minimum atomic E-state index is -1.59. The Morgan fingerprint density at radius 3 is 2.80 bits per heavy atom. The number of carbonyl (C=O) groups is 1. The molecule has 0 aliphatic carbocycles. The molecule has 2 heterocycles. The zero-order valence-corrected chi connectivity index (χ0v) is 10.8. The molecule has 1 aromatic carbocycles. The highest BCUT2D eigenvalue weighted by Crippen LogP contribution is 2.28. The van der Waals surface area contributed by atoms with Crippen LogP contribution in [0.1, 0.15) is 23.2 Å². The Labute approximate surface area is 114 Å². The lowest BCUT2D eigenvalue weighted by molar-refractivity contribution is 0.0568. The number of likely N-dealkylation sites (tertiary alicyclic amines) is 1. The van der Waals surface area contributed by atoms with E-state index in [9.17, 15) is 18.0 Å². The van der Waals surface area contributed by atoms with Crippen LogP contribution in [0, 0.1) is 23.4 Å². The molecule has 2 aliphatic rings. The molecule has 1 amide bonds. The molecule has 2 unspecified atom stereocenters. The summed E-state index contributed by atoms with van der Waals surface area (Å²) in [6, 6.07) is 1.82. The van der Waals surface area contributed by atoms with Gasteiger partial charge in [-0.3, -0.25) is 4.79 Å². The number of nitrogens with zero attached hydrogens (tertiary/aromatic N) is 1. The molecule has 0 radical (unpaired) electrons. The summed E-state index contributed by atoms with van der Waals surface area (Å²) in [5.74, 6) is -4.46. The Balaban J connectivity index is 1.90. The van der Waals surface area contributed by atoms with Gasteiger partial charge in [0.1, 0.15) is 0 Å². The van der Waals surface area contributed by atoms with E-state index in [4.69, 9.17) is 0 Å². The van der Waals surface area contributed by atoms with Crippen LogP contribution in [0.5, 0.6) is 0 Å². The molecule has 2 fully saturated rings. The lowest BCUT2D eigenvalue weighted by atomic mass is 9.91. The first kappa shape index (κ1) is 13.4. The highest BCUT2D eigenvalue weighted by atomic mass is 19.2. The summed E-state index contributed by atoms with van der Waals surface area (Å²) in [4.78, 5) is 14.0. The number of piperidine rings is 1. The molecule has 108 valence electrons. The lowest BCUT2D eigenvalue weighted by Gasteiger charge is -2.37. The van der Waals surface area contributed by atoms with E-state index in [1.807, 2.05) is 0 Å². The van der Waals surface area contributed by atoms with Crippen LogP contribution in [0.15, 0.2) is 12.1 Å². The van der Waals surface area contributed by atoms with Gasteiger partial charge < -0.3 is 10.2 Å². The highest BCUT2D eigenvalue weighted by Gasteiger charge is 2.38. The Bertz CT molecular complexity index is 549. The number of carbonyl (C=O) groups excluding carboxylic acids is 1. The SMILES string of the molecule is O=C(c1ccc(F)c(F)c1F)N1CCCC2CNCC21. The lowest BCUT2D eigenvalue weighted by Crippen LogP contribution is -2.48. The van der Waals surface area contributed by atoms with E-state index in [2.05, 4.69) is 5.32 Å². The molecule has 6 heteroatoms. The van der Waals surface area contributed by atoms with Crippen molar-refractivity contribution >= 4 is 5.91 Å². The van der Waals surface area contributed by atoms with Gasteiger partial charge >= 0.3 is 0 Å². The highest BCUT2D eigenvalue weighted by molar-refractivity contribution is 5.94. The van der Waals surface area contributed by atoms with E-state index in [0.29, 0.717) is 19.0 Å². The molecule has 0 spiro atoms. The van der Waals surface area contributed by atoms with Crippen molar-refractivity contribution in [1.82, 2.24) is 10.2 Å². The summed E-state index contributed by atoms with van der Waals surface area (Å²) in [5.41, 5.74) is -0.392. The van der Waals surface area contributed by atoms with E-state index in [0.717, 1.165) is 31.5 Å². The smallest absolute Gasteiger partial charge is 0.257 e. The molecule has 2 saturated heterocycles. The molecule has 0 saturated carbocycles. The second kappa shape index (κ2) is 5.09. The number of nitrogens with one attached hydrogen (secondary N) is 1. The van der Waals surface area contributed by atoms with Crippen LogP contribution in [-0.2, 0) is 0 Å². The summed E-state index contributed by atoms with van der Waals surface area (Å²) in [6.45, 7) is 2.04. The van der Waals surface area contributed by atoms with Crippen molar-refractivity contribution in [3.63, 3.8) is 0 Å². The molecule has 3 nitrogen and oxygen atoms in total. The number of benzene rings is 1. The fraction of sp³-hybridized carbons (Fsp3) is 0.500. The third kappa shape index (κ3) is 2.08. The first-order valence-electron chi connectivity index (χ1n) is 6.74. The van der Waals surface area contributed by atoms with Crippen LogP contribution in [0.4, 0.5) is 13.2 Å². The van der Waals surface area contributed by atoms with Crippen molar-refractivity contribution in [3.8, 4) is 0 Å². The van der Waals surface area contributed by atoms with Gasteiger partial charge in [-0.1, -0.05) is 0 Å². The third-order valence-corrected chi connectivity index (χ3v) is 4.20. The number of fused-ring (bicyclic) bond motifs is 1. The van der Waals surface area contributed by atoms with E-state index in [1.54, 1.807) is 4.90 Å². The molecule has 0 aromatic heterocycles. The van der Waals surface area contributed by atoms with E-state index in [-0.39, 0.29) is 6.04 Å². The van der Waals surface area contributed by atoms with Crippen molar-refractivity contribution in [3.05, 3.63) is 35.1 Å². The predicted molar refractivity (Wildman–Crippen MR) is 66.7 cm³/mol. The molecular formula is C14H15F3N2O. The van der Waals surface area contributed by atoms with Crippen LogP contribution < -0.4 is 5.32 Å². The zero-order chi connectivity index (χ0) is 14.3. The van der Waals surface area contributed by atoms with Gasteiger partial charge in [0, 0.05) is 25.7 Å². The summed E-state index contributed by atoms with van der Waals surface area (Å²) in [7, 11) is 0. The van der Waals surface area contributed by atoms with Crippen molar-refractivity contribution in [2.45, 2.75) is 18.9 Å². The molecule has 1 aromatic rings. The standard InChI is InChI=1S/C14H15F3N2O/c15-10-4-3-9(12(16)13(10)17)14(20)19-5-1-2-8-6-18-7-11(8)19/h3-4,8,11,18H,1-2,5-7H2. The Morgan fingerprint density at radius 1 is 1.20 bits per heavy atom. The first-order valence-corrected chi connectivity index (χ1v) is 6.74. The molecule has 20 heavy (non-hydrogen) atoms. The van der Waals surface area contributed by atoms with Crippen LogP contribution in [-0.4, -0.2) is 36.5 Å². The molecule has 0 bridgehead atoms. The van der Waals surface area contributed by atoms with E-state index >= 15 is 0 Å². The van der Waals surface area contributed by atoms with Crippen molar-refractivity contribution < 1.29 is 18.0 Å². The fourth-order valence-electron chi connectivity index (χ4n) is 3.17. The van der Waals surface area contributed by atoms with Crippen LogP contribution in [0.2, 0.25) is 0 Å². The maximum atomic E-state index is 13.7. The van der Waals surface area contributed by atoms with Crippen molar-refractivity contribution in [2.75, 3.05) is 19.6 Å². The average molecular weight is 284 g/mol. The molecular weight excluding hydrogens is 269 g/mol. The fourth-order valence-corrected chi connectivity index (χ4v) is 3.17. The summed E-state index contributed by atoms with van der Waals surface area (Å²) in [6.07, 6.45) is 1.88. The van der Waals surface area contributed by atoms with Gasteiger partial charge in [0.25, 0.3) is 5.91 Å². The molecule has 1 N–H and O–H groups in total. The van der Waals surface area contributed by atoms with Crippen LogP contribution in [0.3, 0.4) is 0 Å². The largest absolute Gasteiger partial charge is 0.334 e. The van der Waals surface area contributed by atoms with Crippen LogP contribution in [0.25, 0.3) is 0 Å². The predicted octanol–water partition coefficient (Wildman–Crippen LogP) is 1.93. The van der Waals surface area contributed by atoms with E-state index in [1.165, 1.54) is 0 Å². The van der Waals surface area contributed by atoms with Gasteiger partial charge in [-0.15, -0.1) is 0 Å². The Morgan fingerprint density at radius 2 is 2.00 bits per heavy atom. The maximum absolute atomic E-state index is 13.7. The third-order valence-electron chi connectivity index (χ3n) is 4.20. The molecule has 2 aliphatic heterocycles. The summed E-state index contributed by atoms with van der Waals surface area (Å²) < 4.78 is 39.9. The molecule has 3 rings (SSSR count). The first-order chi connectivity index (χ1) is 9.59. The number of halogens is 3. The van der Waals surface area contributed by atoms with E-state index < -0.39 is 28.9 Å². The Hall–Kier alpha value is -1.56. The number of hydrogen-bond acceptors (Lipinski definition) is 2. The second-order valence-electron chi connectivity index (χ2n) is 5.35. The zero-order valence-electron chi connectivity index (χ0n) is 10.8. The maximum Gasteiger partial charge on any atom is 0.257 e. The second-order valence-corrected chi connectivity index (χ2v) is 5.35. The minimum absolute atomic E-state index is 0.0174. The van der Waals surface area contributed by atoms with Crippen LogP contribution >= 0.6 is 0 Å². The number of amides is 1. The number of hydrogen-bond donors (Lipinski definition) is 1. The monoisotopic (exact) mass is 284 g/mol. The molecule has 2 atom stereocenters. The van der Waals surface area contributed by atoms with Gasteiger partial charge in [0.2, 0.25) is 0 Å². The number of rotatable bonds is 1. The van der Waals surface area contributed by atoms with Gasteiger partial charge in [-0.05, 0) is 30.9 Å². The average Bonchev–Trinajstić information content (AvgIpc) is 2.92. The van der Waals surface area contributed by atoms with Gasteiger partial charge in [0.15, 0.2) is 17.5 Å². The quantitative estimate of drug-likeness (QED) is 0.799. The topological polar surface area (TPSA) is 32.3 Å². The normalized spacial score (nSPS) is 25.6.